The predicted octanol–water partition coefficient (Wildman–Crippen LogP) is 2.58. The molecule has 0 atom stereocenters. The summed E-state index contributed by atoms with van der Waals surface area (Å²) in [4.78, 5) is 11.8. The van der Waals surface area contributed by atoms with Crippen LogP contribution in [0.25, 0.3) is 6.08 Å². The number of hydrogen-bond acceptors (Lipinski definition) is 3. The fourth-order valence-corrected chi connectivity index (χ4v) is 1.69. The van der Waals surface area contributed by atoms with Gasteiger partial charge in [-0.15, -0.1) is 0 Å². The van der Waals surface area contributed by atoms with E-state index < -0.39 is 5.91 Å². The summed E-state index contributed by atoms with van der Waals surface area (Å²) >= 11 is 0. The summed E-state index contributed by atoms with van der Waals surface area (Å²) in [5, 5.41) is 11.7. The normalized spacial score (nSPS) is 11.0. The van der Waals surface area contributed by atoms with E-state index in [1.165, 1.54) is 18.2 Å². The molecule has 0 aliphatic heterocycles. The van der Waals surface area contributed by atoms with E-state index in [1.54, 1.807) is 13.0 Å². The number of benzene rings is 1. The maximum absolute atomic E-state index is 13.2. The standard InChI is InChI=1S/C16H19FN2O2/c1-3-21-8-4-7-19-16(20)14(11-18)10-13-5-6-15(17)12(2)9-13/h5-6,9-10H,3-4,7-8H2,1-2H3,(H,19,20)/b14-10+. The van der Waals surface area contributed by atoms with E-state index in [1.807, 2.05) is 13.0 Å². The quantitative estimate of drug-likeness (QED) is 0.477. The first-order valence-corrected chi connectivity index (χ1v) is 6.82. The van der Waals surface area contributed by atoms with Gasteiger partial charge in [0.1, 0.15) is 17.5 Å². The van der Waals surface area contributed by atoms with Crippen molar-refractivity contribution in [3.05, 3.63) is 40.7 Å². The largest absolute Gasteiger partial charge is 0.382 e. The lowest BCUT2D eigenvalue weighted by Gasteiger charge is -2.05. The molecule has 21 heavy (non-hydrogen) atoms. The number of hydrogen-bond donors (Lipinski definition) is 1. The van der Waals surface area contributed by atoms with Gasteiger partial charge < -0.3 is 10.1 Å². The maximum Gasteiger partial charge on any atom is 0.261 e. The Labute approximate surface area is 124 Å². The fraction of sp³-hybridized carbons (Fsp3) is 0.375. The molecule has 0 fully saturated rings. The Morgan fingerprint density at radius 2 is 2.29 bits per heavy atom. The van der Waals surface area contributed by atoms with Gasteiger partial charge in [0.05, 0.1) is 0 Å². The molecule has 1 N–H and O–H groups in total. The molecular formula is C16H19FN2O2. The Hall–Kier alpha value is -2.19. The Balaban J connectivity index is 2.64. The Morgan fingerprint density at radius 3 is 2.90 bits per heavy atom. The minimum absolute atomic E-state index is 0.00239. The molecule has 1 aromatic rings. The third-order valence-corrected chi connectivity index (χ3v) is 2.81. The average molecular weight is 290 g/mol. The zero-order chi connectivity index (χ0) is 15.7. The van der Waals surface area contributed by atoms with Crippen LogP contribution in [0.15, 0.2) is 23.8 Å². The molecule has 112 valence electrons. The van der Waals surface area contributed by atoms with Crippen LogP contribution in [0.5, 0.6) is 0 Å². The number of rotatable bonds is 7. The van der Waals surface area contributed by atoms with Gasteiger partial charge in [0.25, 0.3) is 5.91 Å². The summed E-state index contributed by atoms with van der Waals surface area (Å²) in [5.74, 6) is -0.748. The summed E-state index contributed by atoms with van der Waals surface area (Å²) in [6.45, 7) is 5.19. The highest BCUT2D eigenvalue weighted by Gasteiger charge is 2.08. The second kappa shape index (κ2) is 8.88. The van der Waals surface area contributed by atoms with Gasteiger partial charge in [-0.3, -0.25) is 4.79 Å². The van der Waals surface area contributed by atoms with Gasteiger partial charge in [0, 0.05) is 19.8 Å². The molecule has 1 aromatic carbocycles. The van der Waals surface area contributed by atoms with Gasteiger partial charge in [0.15, 0.2) is 0 Å². The fourth-order valence-electron chi connectivity index (χ4n) is 1.69. The highest BCUT2D eigenvalue weighted by molar-refractivity contribution is 6.01. The molecule has 1 amide bonds. The van der Waals surface area contributed by atoms with E-state index in [4.69, 9.17) is 10.00 Å². The van der Waals surface area contributed by atoms with Crippen LogP contribution in [0.2, 0.25) is 0 Å². The number of nitriles is 1. The van der Waals surface area contributed by atoms with Crippen molar-refractivity contribution in [3.63, 3.8) is 0 Å². The molecule has 0 spiro atoms. The molecule has 5 heteroatoms. The van der Waals surface area contributed by atoms with Crippen molar-refractivity contribution >= 4 is 12.0 Å². The van der Waals surface area contributed by atoms with Crippen LogP contribution in [0.1, 0.15) is 24.5 Å². The van der Waals surface area contributed by atoms with Crippen LogP contribution in [0, 0.1) is 24.1 Å². The van der Waals surface area contributed by atoms with Crippen LogP contribution in [0.4, 0.5) is 4.39 Å². The molecule has 0 aromatic heterocycles. The number of nitrogens with one attached hydrogen (secondary N) is 1. The van der Waals surface area contributed by atoms with Gasteiger partial charge in [0.2, 0.25) is 0 Å². The number of carbonyl (C=O) groups excluding carboxylic acids is 1. The van der Waals surface area contributed by atoms with E-state index in [9.17, 15) is 9.18 Å². The minimum atomic E-state index is -0.434. The zero-order valence-electron chi connectivity index (χ0n) is 12.3. The SMILES string of the molecule is CCOCCCNC(=O)/C(C#N)=C/c1ccc(F)c(C)c1. The number of carbonyl (C=O) groups is 1. The van der Waals surface area contributed by atoms with E-state index in [0.717, 1.165) is 0 Å². The lowest BCUT2D eigenvalue weighted by Crippen LogP contribution is -2.26. The van der Waals surface area contributed by atoms with Crippen molar-refractivity contribution in [1.82, 2.24) is 5.32 Å². The molecule has 0 bridgehead atoms. The molecule has 4 nitrogen and oxygen atoms in total. The van der Waals surface area contributed by atoms with Gasteiger partial charge in [-0.25, -0.2) is 4.39 Å². The number of aryl methyl sites for hydroxylation is 1. The second-order valence-electron chi connectivity index (χ2n) is 4.48. The van der Waals surface area contributed by atoms with Gasteiger partial charge in [-0.1, -0.05) is 6.07 Å². The number of ether oxygens (including phenoxy) is 1. The van der Waals surface area contributed by atoms with Gasteiger partial charge in [-0.2, -0.15) is 5.26 Å². The number of amides is 1. The smallest absolute Gasteiger partial charge is 0.261 e. The first kappa shape index (κ1) is 16.9. The van der Waals surface area contributed by atoms with Crippen molar-refractivity contribution in [1.29, 1.82) is 5.26 Å². The average Bonchev–Trinajstić information content (AvgIpc) is 2.48. The second-order valence-corrected chi connectivity index (χ2v) is 4.48. The van der Waals surface area contributed by atoms with Crippen LogP contribution in [0.3, 0.4) is 0 Å². The first-order valence-electron chi connectivity index (χ1n) is 6.82. The van der Waals surface area contributed by atoms with Crippen molar-refractivity contribution in [3.8, 4) is 6.07 Å². The monoisotopic (exact) mass is 290 g/mol. The summed E-state index contributed by atoms with van der Waals surface area (Å²) in [5.41, 5.74) is 1.09. The van der Waals surface area contributed by atoms with Crippen LogP contribution < -0.4 is 5.32 Å². The summed E-state index contributed by atoms with van der Waals surface area (Å²) in [6, 6.07) is 6.30. The minimum Gasteiger partial charge on any atom is -0.382 e. The molecule has 0 aliphatic rings. The predicted molar refractivity (Wildman–Crippen MR) is 78.8 cm³/mol. The van der Waals surface area contributed by atoms with Gasteiger partial charge >= 0.3 is 0 Å². The Kier molecular flexibility index (Phi) is 7.13. The number of halogens is 1. The summed E-state index contributed by atoms with van der Waals surface area (Å²) < 4.78 is 18.3. The third-order valence-electron chi connectivity index (χ3n) is 2.81. The van der Waals surface area contributed by atoms with Gasteiger partial charge in [-0.05, 0) is 49.6 Å². The lowest BCUT2D eigenvalue weighted by molar-refractivity contribution is -0.117. The summed E-state index contributed by atoms with van der Waals surface area (Å²) in [7, 11) is 0. The third kappa shape index (κ3) is 5.76. The molecule has 0 saturated carbocycles. The van der Waals surface area contributed by atoms with Crippen molar-refractivity contribution < 1.29 is 13.9 Å². The Bertz CT molecular complexity index is 562. The van der Waals surface area contributed by atoms with Crippen molar-refractivity contribution in [2.45, 2.75) is 20.3 Å². The first-order chi connectivity index (χ1) is 10.1. The van der Waals surface area contributed by atoms with E-state index in [-0.39, 0.29) is 11.4 Å². The molecule has 0 saturated heterocycles. The molecule has 0 heterocycles. The molecule has 0 radical (unpaired) electrons. The van der Waals surface area contributed by atoms with E-state index >= 15 is 0 Å². The van der Waals surface area contributed by atoms with Crippen LogP contribution in [-0.2, 0) is 9.53 Å². The van der Waals surface area contributed by atoms with E-state index in [2.05, 4.69) is 5.32 Å². The highest BCUT2D eigenvalue weighted by atomic mass is 19.1. The molecule has 1 rings (SSSR count). The number of nitrogens with zero attached hydrogens (tertiary/aromatic N) is 1. The molecular weight excluding hydrogens is 271 g/mol. The van der Waals surface area contributed by atoms with E-state index in [0.29, 0.717) is 37.3 Å². The highest BCUT2D eigenvalue weighted by Crippen LogP contribution is 2.12. The van der Waals surface area contributed by atoms with Crippen molar-refractivity contribution in [2.24, 2.45) is 0 Å². The Morgan fingerprint density at radius 1 is 1.52 bits per heavy atom. The van der Waals surface area contributed by atoms with Crippen molar-refractivity contribution in [2.75, 3.05) is 19.8 Å². The zero-order valence-corrected chi connectivity index (χ0v) is 12.3. The lowest BCUT2D eigenvalue weighted by atomic mass is 10.1. The van der Waals surface area contributed by atoms with Crippen LogP contribution >= 0.6 is 0 Å². The summed E-state index contributed by atoms with van der Waals surface area (Å²) in [6.07, 6.45) is 2.14. The topological polar surface area (TPSA) is 62.1 Å². The molecule has 0 unspecified atom stereocenters. The maximum atomic E-state index is 13.2. The van der Waals surface area contributed by atoms with Crippen LogP contribution in [-0.4, -0.2) is 25.7 Å². The molecule has 0 aliphatic carbocycles.